The van der Waals surface area contributed by atoms with E-state index in [0.717, 1.165) is 0 Å². The van der Waals surface area contributed by atoms with Crippen LogP contribution in [0.5, 0.6) is 0 Å². The van der Waals surface area contributed by atoms with Crippen LogP contribution in [-0.4, -0.2) is 17.0 Å². The number of nitrogens with zero attached hydrogens (tertiary/aromatic N) is 2. The Kier molecular flexibility index (Phi) is 2.50. The molecule has 12 heavy (non-hydrogen) atoms. The zero-order valence-corrected chi connectivity index (χ0v) is 6.14. The molecule has 1 rings (SSSR count). The van der Waals surface area contributed by atoms with Crippen molar-refractivity contribution >= 4 is 6.08 Å². The molecule has 5 nitrogen and oxygen atoms in total. The van der Waals surface area contributed by atoms with E-state index in [-0.39, 0.29) is 6.42 Å². The molecule has 1 aliphatic rings. The van der Waals surface area contributed by atoms with E-state index in [2.05, 4.69) is 4.99 Å². The number of aliphatic imine (C=N–C) groups is 1. The largest absolute Gasteiger partial charge is 0.264 e. The molecule has 0 radical (unpaired) electrons. The molecule has 0 aromatic heterocycles. The zero-order chi connectivity index (χ0) is 8.97. The van der Waals surface area contributed by atoms with Crippen molar-refractivity contribution in [1.29, 1.82) is 0 Å². The first-order chi connectivity index (χ1) is 5.74. The third-order valence-corrected chi connectivity index (χ3v) is 1.50. The Balaban J connectivity index is 2.73. The third-order valence-electron chi connectivity index (χ3n) is 1.50. The molecule has 0 bridgehead atoms. The van der Waals surface area contributed by atoms with Gasteiger partial charge in [0.25, 0.3) is 0 Å². The summed E-state index contributed by atoms with van der Waals surface area (Å²) in [5, 5.41) is 10.3. The van der Waals surface area contributed by atoms with Crippen LogP contribution in [0.4, 0.5) is 0 Å². The summed E-state index contributed by atoms with van der Waals surface area (Å²) in [6.45, 7) is 0. The number of rotatable bonds is 2. The molecule has 0 saturated carbocycles. The predicted octanol–water partition coefficient (Wildman–Crippen LogP) is 0.811. The van der Waals surface area contributed by atoms with Gasteiger partial charge < -0.3 is 0 Å². The molecule has 0 fully saturated rings. The lowest BCUT2D eigenvalue weighted by molar-refractivity contribution is -0.508. The van der Waals surface area contributed by atoms with Crippen molar-refractivity contribution in [2.75, 3.05) is 0 Å². The second kappa shape index (κ2) is 3.59. The van der Waals surface area contributed by atoms with Crippen LogP contribution in [0, 0.1) is 10.1 Å². The Hall–Kier alpha value is -1.74. The quantitative estimate of drug-likeness (QED) is 0.263. The molecule has 1 aliphatic carbocycles. The van der Waals surface area contributed by atoms with Gasteiger partial charge >= 0.3 is 0 Å². The summed E-state index contributed by atoms with van der Waals surface area (Å²) >= 11 is 0. The molecule has 0 amide bonds. The first kappa shape index (κ1) is 8.36. The number of nitro groups is 1. The van der Waals surface area contributed by atoms with Crippen LogP contribution in [0.1, 0.15) is 6.42 Å². The molecule has 0 heterocycles. The number of isocyanates is 1. The minimum absolute atomic E-state index is 0.165. The van der Waals surface area contributed by atoms with Gasteiger partial charge in [0, 0.05) is 4.92 Å². The Morgan fingerprint density at radius 2 is 2.50 bits per heavy atom. The standard InChI is InChI=1S/C7H6N2O3/c10-5-8-6-2-1-3-7(4-6)9(11)12/h1-3,7H,4H2. The highest BCUT2D eigenvalue weighted by Gasteiger charge is 2.20. The van der Waals surface area contributed by atoms with Gasteiger partial charge in [-0.25, -0.2) is 4.79 Å². The normalized spacial score (nSPS) is 21.0. The molecule has 0 spiro atoms. The van der Waals surface area contributed by atoms with Gasteiger partial charge in [-0.05, 0) is 12.2 Å². The number of hydrogen-bond donors (Lipinski definition) is 0. The number of allylic oxidation sites excluding steroid dienone is 2. The van der Waals surface area contributed by atoms with Crippen LogP contribution >= 0.6 is 0 Å². The number of carbonyl (C=O) groups excluding carboxylic acids is 1. The first-order valence-corrected chi connectivity index (χ1v) is 3.33. The van der Waals surface area contributed by atoms with Crippen molar-refractivity contribution in [1.82, 2.24) is 0 Å². The molecular formula is C7H6N2O3. The van der Waals surface area contributed by atoms with E-state index < -0.39 is 11.0 Å². The molecule has 62 valence electrons. The van der Waals surface area contributed by atoms with E-state index >= 15 is 0 Å². The molecular weight excluding hydrogens is 160 g/mol. The van der Waals surface area contributed by atoms with Gasteiger partial charge in [-0.15, -0.1) is 0 Å². The monoisotopic (exact) mass is 166 g/mol. The molecule has 0 aromatic carbocycles. The highest BCUT2D eigenvalue weighted by atomic mass is 16.6. The SMILES string of the molecule is O=C=NC1=CC=CC([N+](=O)[O-])C1. The highest BCUT2D eigenvalue weighted by molar-refractivity contribution is 5.38. The van der Waals surface area contributed by atoms with E-state index in [1.807, 2.05) is 0 Å². The van der Waals surface area contributed by atoms with E-state index in [0.29, 0.717) is 5.70 Å². The van der Waals surface area contributed by atoms with Gasteiger partial charge in [0.2, 0.25) is 12.1 Å². The lowest BCUT2D eigenvalue weighted by Gasteiger charge is -2.06. The summed E-state index contributed by atoms with van der Waals surface area (Å²) in [7, 11) is 0. The Labute approximate surface area is 68.3 Å². The fraction of sp³-hybridized carbons (Fsp3) is 0.286. The fourth-order valence-electron chi connectivity index (χ4n) is 0.932. The van der Waals surface area contributed by atoms with Gasteiger partial charge in [0.05, 0.1) is 12.1 Å². The maximum absolute atomic E-state index is 10.3. The van der Waals surface area contributed by atoms with Crippen molar-refractivity contribution in [2.45, 2.75) is 12.5 Å². The molecule has 0 aromatic rings. The maximum atomic E-state index is 10.3. The number of hydrogen-bond acceptors (Lipinski definition) is 4. The Morgan fingerprint density at radius 1 is 1.75 bits per heavy atom. The van der Waals surface area contributed by atoms with Crippen LogP contribution < -0.4 is 0 Å². The predicted molar refractivity (Wildman–Crippen MR) is 40.7 cm³/mol. The Morgan fingerprint density at radius 3 is 3.08 bits per heavy atom. The summed E-state index contributed by atoms with van der Waals surface area (Å²) in [4.78, 5) is 23.0. The lowest BCUT2D eigenvalue weighted by atomic mass is 10.1. The molecule has 1 atom stereocenters. The van der Waals surface area contributed by atoms with Crippen molar-refractivity contribution in [3.05, 3.63) is 34.0 Å². The highest BCUT2D eigenvalue weighted by Crippen LogP contribution is 2.14. The minimum Gasteiger partial charge on any atom is -0.264 e. The van der Waals surface area contributed by atoms with Crippen molar-refractivity contribution in [3.8, 4) is 0 Å². The van der Waals surface area contributed by atoms with E-state index in [4.69, 9.17) is 0 Å². The lowest BCUT2D eigenvalue weighted by Crippen LogP contribution is -2.18. The van der Waals surface area contributed by atoms with Crippen LogP contribution in [0.25, 0.3) is 0 Å². The van der Waals surface area contributed by atoms with Gasteiger partial charge in [-0.3, -0.25) is 10.1 Å². The van der Waals surface area contributed by atoms with Gasteiger partial charge in [-0.2, -0.15) is 4.99 Å². The second-order valence-electron chi connectivity index (χ2n) is 2.30. The van der Waals surface area contributed by atoms with Crippen LogP contribution in [-0.2, 0) is 4.79 Å². The maximum Gasteiger partial charge on any atom is 0.240 e. The molecule has 0 N–H and O–H groups in total. The zero-order valence-electron chi connectivity index (χ0n) is 6.14. The van der Waals surface area contributed by atoms with Crippen molar-refractivity contribution in [2.24, 2.45) is 4.99 Å². The summed E-state index contributed by atoms with van der Waals surface area (Å²) in [5.74, 6) is 0. The first-order valence-electron chi connectivity index (χ1n) is 3.33. The van der Waals surface area contributed by atoms with E-state index in [1.165, 1.54) is 18.2 Å². The van der Waals surface area contributed by atoms with Crippen LogP contribution in [0.15, 0.2) is 28.9 Å². The second-order valence-corrected chi connectivity index (χ2v) is 2.30. The molecule has 0 aliphatic heterocycles. The molecule has 1 unspecified atom stereocenters. The smallest absolute Gasteiger partial charge is 0.240 e. The van der Waals surface area contributed by atoms with Crippen LogP contribution in [0.2, 0.25) is 0 Å². The summed E-state index contributed by atoms with van der Waals surface area (Å²) in [6, 6.07) is -0.762. The average Bonchev–Trinajstić information content (AvgIpc) is 2.05. The van der Waals surface area contributed by atoms with Gasteiger partial charge in [-0.1, -0.05) is 6.08 Å². The van der Waals surface area contributed by atoms with Gasteiger partial charge in [0.1, 0.15) is 0 Å². The summed E-state index contributed by atoms with van der Waals surface area (Å²) in [6.07, 6.45) is 6.06. The molecule has 5 heteroatoms. The summed E-state index contributed by atoms with van der Waals surface area (Å²) in [5.41, 5.74) is 0.397. The third kappa shape index (κ3) is 1.87. The van der Waals surface area contributed by atoms with E-state index in [1.54, 1.807) is 6.08 Å². The minimum atomic E-state index is -0.762. The van der Waals surface area contributed by atoms with Crippen molar-refractivity contribution < 1.29 is 9.72 Å². The Bertz CT molecular complexity index is 300. The van der Waals surface area contributed by atoms with Crippen molar-refractivity contribution in [3.63, 3.8) is 0 Å². The van der Waals surface area contributed by atoms with Gasteiger partial charge in [0.15, 0.2) is 0 Å². The average molecular weight is 166 g/mol. The fourth-order valence-corrected chi connectivity index (χ4v) is 0.932. The molecule has 0 saturated heterocycles. The van der Waals surface area contributed by atoms with Crippen LogP contribution in [0.3, 0.4) is 0 Å². The topological polar surface area (TPSA) is 72.6 Å². The summed E-state index contributed by atoms with van der Waals surface area (Å²) < 4.78 is 0. The van der Waals surface area contributed by atoms with E-state index in [9.17, 15) is 14.9 Å².